The van der Waals surface area contributed by atoms with E-state index in [1.54, 1.807) is 25.4 Å². The molecular formula is C19H18N6O4S2. The number of carbonyl (C=O) groups excluding carboxylic acids is 2. The van der Waals surface area contributed by atoms with Crippen LogP contribution in [0, 0.1) is 0 Å². The largest absolute Gasteiger partial charge is 0.326 e. The van der Waals surface area contributed by atoms with Gasteiger partial charge in [0.05, 0.1) is 16.8 Å². The summed E-state index contributed by atoms with van der Waals surface area (Å²) >= 11 is 1.37. The predicted octanol–water partition coefficient (Wildman–Crippen LogP) is 2.46. The molecule has 2 aromatic heterocycles. The van der Waals surface area contributed by atoms with Crippen molar-refractivity contribution >= 4 is 62.0 Å². The van der Waals surface area contributed by atoms with Crippen molar-refractivity contribution in [3.8, 4) is 0 Å². The van der Waals surface area contributed by atoms with Gasteiger partial charge in [0.1, 0.15) is 10.6 Å². The summed E-state index contributed by atoms with van der Waals surface area (Å²) in [5.41, 5.74) is 1.88. The fourth-order valence-corrected chi connectivity index (χ4v) is 4.99. The third kappa shape index (κ3) is 3.82. The first-order valence-electron chi connectivity index (χ1n) is 9.04. The molecule has 1 aromatic carbocycles. The lowest BCUT2D eigenvalue weighted by Crippen LogP contribution is -2.28. The number of benzene rings is 1. The molecule has 4 rings (SSSR count). The molecule has 31 heavy (non-hydrogen) atoms. The minimum absolute atomic E-state index is 0.0408. The maximum atomic E-state index is 12.7. The van der Waals surface area contributed by atoms with Crippen molar-refractivity contribution in [2.24, 2.45) is 0 Å². The van der Waals surface area contributed by atoms with Crippen LogP contribution in [-0.4, -0.2) is 44.3 Å². The van der Waals surface area contributed by atoms with Crippen LogP contribution in [0.5, 0.6) is 0 Å². The van der Waals surface area contributed by atoms with Gasteiger partial charge in [0.25, 0.3) is 15.9 Å². The Balaban J connectivity index is 1.63. The van der Waals surface area contributed by atoms with E-state index in [9.17, 15) is 18.0 Å². The molecule has 0 bridgehead atoms. The van der Waals surface area contributed by atoms with Gasteiger partial charge in [-0.1, -0.05) is 0 Å². The average Bonchev–Trinajstić information content (AvgIpc) is 3.19. The second-order valence-electron chi connectivity index (χ2n) is 6.77. The Kier molecular flexibility index (Phi) is 5.11. The van der Waals surface area contributed by atoms with Crippen molar-refractivity contribution in [2.45, 2.75) is 11.8 Å². The summed E-state index contributed by atoms with van der Waals surface area (Å²) in [6, 6.07) is 7.69. The zero-order valence-electron chi connectivity index (χ0n) is 16.8. The van der Waals surface area contributed by atoms with Crippen molar-refractivity contribution in [1.29, 1.82) is 0 Å². The molecule has 3 heterocycles. The number of hydrogen-bond acceptors (Lipinski definition) is 9. The van der Waals surface area contributed by atoms with Crippen molar-refractivity contribution < 1.29 is 18.0 Å². The second-order valence-corrected chi connectivity index (χ2v) is 9.37. The summed E-state index contributed by atoms with van der Waals surface area (Å²) in [5, 5.41) is 4.88. The first-order chi connectivity index (χ1) is 14.7. The van der Waals surface area contributed by atoms with E-state index in [0.29, 0.717) is 22.1 Å². The molecular weight excluding hydrogens is 440 g/mol. The fraction of sp³-hybridized carbons (Fsp3) is 0.158. The number of fused-ring (bicyclic) bond motifs is 2. The molecule has 160 valence electrons. The Labute approximate surface area is 182 Å². The summed E-state index contributed by atoms with van der Waals surface area (Å²) < 4.78 is 26.0. The number of thiophene rings is 1. The van der Waals surface area contributed by atoms with E-state index in [1.807, 2.05) is 28.1 Å². The number of carbonyl (C=O) groups is 2. The standard InChI is InChI=1S/C19H18N6O4S2/c1-11(26)23-31(28,29)13-6-4-12(5-7-13)21-19-20-10-15-17(22-19)24(2)14-8-9-30-16(14)18(27)25(15)3/h4-10H,1-3H3,(H,23,26)(H,20,21,22). The molecule has 2 N–H and O–H groups in total. The molecule has 0 radical (unpaired) electrons. The summed E-state index contributed by atoms with van der Waals surface area (Å²) in [4.78, 5) is 36.6. The second kappa shape index (κ2) is 7.63. The van der Waals surface area contributed by atoms with Gasteiger partial charge >= 0.3 is 0 Å². The van der Waals surface area contributed by atoms with Crippen LogP contribution in [0.4, 0.5) is 28.8 Å². The molecule has 1 aliphatic rings. The summed E-state index contributed by atoms with van der Waals surface area (Å²) in [6.07, 6.45) is 1.56. The van der Waals surface area contributed by atoms with Gasteiger partial charge in [-0.25, -0.2) is 18.1 Å². The third-order valence-corrected chi connectivity index (χ3v) is 6.97. The van der Waals surface area contributed by atoms with E-state index in [0.717, 1.165) is 12.6 Å². The van der Waals surface area contributed by atoms with Crippen LogP contribution in [0.25, 0.3) is 0 Å². The number of rotatable bonds is 4. The molecule has 0 unspecified atom stereocenters. The normalized spacial score (nSPS) is 13.3. The van der Waals surface area contributed by atoms with Crippen molar-refractivity contribution in [2.75, 3.05) is 29.2 Å². The van der Waals surface area contributed by atoms with Gasteiger partial charge in [0.2, 0.25) is 11.9 Å². The lowest BCUT2D eigenvalue weighted by Gasteiger charge is -2.20. The third-order valence-electron chi connectivity index (χ3n) is 4.63. The number of nitrogens with one attached hydrogen (secondary N) is 2. The predicted molar refractivity (Wildman–Crippen MR) is 118 cm³/mol. The summed E-state index contributed by atoms with van der Waals surface area (Å²) in [7, 11) is -0.405. The van der Waals surface area contributed by atoms with Crippen LogP contribution in [0.15, 0.2) is 46.8 Å². The van der Waals surface area contributed by atoms with Crippen LogP contribution in [0.2, 0.25) is 0 Å². The Morgan fingerprint density at radius 1 is 1.06 bits per heavy atom. The molecule has 12 heteroatoms. The highest BCUT2D eigenvalue weighted by Crippen LogP contribution is 2.40. The van der Waals surface area contributed by atoms with Gasteiger partial charge in [0, 0.05) is 26.7 Å². The SMILES string of the molecule is CC(=O)NS(=O)(=O)c1ccc(Nc2ncc3c(n2)N(C)c2ccsc2C(=O)N3C)cc1. The molecule has 0 saturated carbocycles. The molecule has 10 nitrogen and oxygen atoms in total. The van der Waals surface area contributed by atoms with Crippen molar-refractivity contribution in [3.63, 3.8) is 0 Å². The molecule has 0 fully saturated rings. The van der Waals surface area contributed by atoms with Gasteiger partial charge in [-0.2, -0.15) is 4.98 Å². The number of anilines is 5. The van der Waals surface area contributed by atoms with Crippen LogP contribution in [0.1, 0.15) is 16.6 Å². The lowest BCUT2D eigenvalue weighted by molar-refractivity contribution is -0.117. The zero-order valence-corrected chi connectivity index (χ0v) is 18.4. The highest BCUT2D eigenvalue weighted by molar-refractivity contribution is 7.90. The van der Waals surface area contributed by atoms with Gasteiger partial charge < -0.3 is 15.1 Å². The number of sulfonamides is 1. The minimum Gasteiger partial charge on any atom is -0.326 e. The number of nitrogens with zero attached hydrogens (tertiary/aromatic N) is 4. The van der Waals surface area contributed by atoms with Gasteiger partial charge in [-0.3, -0.25) is 9.59 Å². The molecule has 0 atom stereocenters. The number of aromatic nitrogens is 2. The summed E-state index contributed by atoms with van der Waals surface area (Å²) in [5.74, 6) is 0.0377. The van der Waals surface area contributed by atoms with E-state index >= 15 is 0 Å². The smallest absolute Gasteiger partial charge is 0.270 e. The number of amides is 2. The van der Waals surface area contributed by atoms with Crippen LogP contribution in [-0.2, 0) is 14.8 Å². The molecule has 0 spiro atoms. The number of hydrogen-bond donors (Lipinski definition) is 2. The van der Waals surface area contributed by atoms with Crippen LogP contribution < -0.4 is 19.8 Å². The van der Waals surface area contributed by atoms with Gasteiger partial charge in [0.15, 0.2) is 5.82 Å². The first kappa shape index (κ1) is 20.8. The lowest BCUT2D eigenvalue weighted by atomic mass is 10.3. The zero-order chi connectivity index (χ0) is 22.3. The quantitative estimate of drug-likeness (QED) is 0.611. The maximum absolute atomic E-state index is 12.7. The average molecular weight is 459 g/mol. The Hall–Kier alpha value is -3.51. The highest BCUT2D eigenvalue weighted by Gasteiger charge is 2.30. The van der Waals surface area contributed by atoms with E-state index in [1.165, 1.54) is 28.4 Å². The monoisotopic (exact) mass is 458 g/mol. The Bertz CT molecular complexity index is 1290. The Morgan fingerprint density at radius 3 is 2.45 bits per heavy atom. The van der Waals surface area contributed by atoms with E-state index in [2.05, 4.69) is 15.3 Å². The van der Waals surface area contributed by atoms with Crippen molar-refractivity contribution in [1.82, 2.24) is 14.7 Å². The van der Waals surface area contributed by atoms with E-state index in [-0.39, 0.29) is 16.8 Å². The molecule has 0 saturated heterocycles. The Morgan fingerprint density at radius 2 is 1.77 bits per heavy atom. The van der Waals surface area contributed by atoms with Gasteiger partial charge in [-0.05, 0) is 35.7 Å². The van der Waals surface area contributed by atoms with E-state index in [4.69, 9.17) is 0 Å². The minimum atomic E-state index is -3.91. The van der Waals surface area contributed by atoms with Gasteiger partial charge in [-0.15, -0.1) is 11.3 Å². The fourth-order valence-electron chi connectivity index (χ4n) is 3.11. The van der Waals surface area contributed by atoms with Crippen LogP contribution in [0.3, 0.4) is 0 Å². The van der Waals surface area contributed by atoms with Crippen LogP contribution >= 0.6 is 11.3 Å². The molecule has 1 aliphatic heterocycles. The topological polar surface area (TPSA) is 125 Å². The summed E-state index contributed by atoms with van der Waals surface area (Å²) in [6.45, 7) is 1.13. The first-order valence-corrected chi connectivity index (χ1v) is 11.4. The maximum Gasteiger partial charge on any atom is 0.270 e. The molecule has 2 amide bonds. The van der Waals surface area contributed by atoms with Crippen molar-refractivity contribution in [3.05, 3.63) is 46.8 Å². The molecule has 3 aromatic rings. The van der Waals surface area contributed by atoms with E-state index < -0.39 is 15.9 Å². The highest BCUT2D eigenvalue weighted by atomic mass is 32.2. The molecule has 0 aliphatic carbocycles.